The zero-order valence-electron chi connectivity index (χ0n) is 18.3. The van der Waals surface area contributed by atoms with E-state index in [2.05, 4.69) is 19.7 Å². The zero-order chi connectivity index (χ0) is 24.5. The largest absolute Gasteiger partial charge is 0.464 e. The van der Waals surface area contributed by atoms with Gasteiger partial charge in [-0.25, -0.2) is 19.7 Å². The van der Waals surface area contributed by atoms with E-state index in [1.165, 1.54) is 17.8 Å². The average Bonchev–Trinajstić information content (AvgIpc) is 3.23. The van der Waals surface area contributed by atoms with Crippen molar-refractivity contribution in [3.63, 3.8) is 0 Å². The Labute approximate surface area is 188 Å². The maximum atomic E-state index is 11.8. The number of nitrogens with zero attached hydrogens (tertiary/aromatic N) is 4. The maximum Gasteiger partial charge on any atom is 0.365 e. The predicted octanol–water partition coefficient (Wildman–Crippen LogP) is -0.690. The van der Waals surface area contributed by atoms with E-state index in [0.717, 1.165) is 0 Å². The summed E-state index contributed by atoms with van der Waals surface area (Å²) in [6, 6.07) is 0. The number of ether oxygens (including phenoxy) is 3. The molecule has 3 heterocycles. The molecule has 0 amide bonds. The van der Waals surface area contributed by atoms with Gasteiger partial charge in [0.05, 0.1) is 19.5 Å². The number of aliphatic hydroxyl groups is 2. The van der Waals surface area contributed by atoms with E-state index in [1.807, 2.05) is 13.8 Å². The monoisotopic (exact) mass is 489 g/mol. The molecule has 2 aromatic rings. The lowest BCUT2D eigenvalue weighted by Crippen LogP contribution is -2.36. The Morgan fingerprint density at radius 1 is 1.30 bits per heavy atom. The fourth-order valence-electron chi connectivity index (χ4n) is 3.43. The molecule has 1 saturated heterocycles. The molecule has 0 spiro atoms. The van der Waals surface area contributed by atoms with Crippen molar-refractivity contribution in [2.24, 2.45) is 5.92 Å². The molecule has 1 aliphatic rings. The summed E-state index contributed by atoms with van der Waals surface area (Å²) < 4.78 is 28.4. The Morgan fingerprint density at radius 2 is 2.00 bits per heavy atom. The summed E-state index contributed by atoms with van der Waals surface area (Å²) in [5, 5.41) is 21.0. The number of esters is 1. The van der Waals surface area contributed by atoms with Gasteiger partial charge in [0.2, 0.25) is 0 Å². The Kier molecular flexibility index (Phi) is 7.69. The molecule has 33 heavy (non-hydrogen) atoms. The first-order valence-electron chi connectivity index (χ1n) is 10.3. The summed E-state index contributed by atoms with van der Waals surface area (Å²) in [6.45, 7) is 4.74. The normalized spacial score (nSPS) is 24.5. The molecular formula is C18H28N5O9P. The van der Waals surface area contributed by atoms with Crippen LogP contribution >= 0.6 is 7.60 Å². The van der Waals surface area contributed by atoms with Crippen molar-refractivity contribution in [3.8, 4) is 0 Å². The van der Waals surface area contributed by atoms with Crippen molar-refractivity contribution < 1.29 is 43.6 Å². The van der Waals surface area contributed by atoms with Crippen molar-refractivity contribution >= 4 is 30.5 Å². The molecule has 5 atom stereocenters. The summed E-state index contributed by atoms with van der Waals surface area (Å²) in [6.07, 6.45) is -3.46. The number of hydrogen-bond acceptors (Lipinski definition) is 11. The summed E-state index contributed by atoms with van der Waals surface area (Å²) >= 11 is 0. The van der Waals surface area contributed by atoms with Crippen LogP contribution in [0.2, 0.25) is 0 Å². The van der Waals surface area contributed by atoms with Gasteiger partial charge in [-0.05, 0) is 12.8 Å². The molecule has 184 valence electrons. The van der Waals surface area contributed by atoms with Crippen LogP contribution in [0.1, 0.15) is 32.8 Å². The number of fused-ring (bicyclic) bond motifs is 1. The van der Waals surface area contributed by atoms with Gasteiger partial charge in [-0.3, -0.25) is 9.13 Å². The molecule has 0 bridgehead atoms. The molecule has 14 nitrogen and oxygen atoms in total. The number of nitrogens with two attached hydrogens (primary N) is 1. The second-order valence-electron chi connectivity index (χ2n) is 8.02. The van der Waals surface area contributed by atoms with Gasteiger partial charge < -0.3 is 39.9 Å². The van der Waals surface area contributed by atoms with Gasteiger partial charge >= 0.3 is 13.6 Å². The number of hydrogen-bond donors (Lipinski definition) is 5. The standard InChI is InChI=1S/C18H28N5O9P/c1-4-30-17(26)18(33(27,28)29)31-6-9-12(24)13(25)16(32-9)23-7-20-11-14(19)21-10(5-8(2)3)22-15(11)23/h7-9,12-13,16,18,24-25H,4-6H2,1-3H3,(H2,19,21,22)(H2,27,28,29)/t9-,12+,13-,16-,18-/m1/s1. The van der Waals surface area contributed by atoms with Crippen molar-refractivity contribution in [2.75, 3.05) is 18.9 Å². The zero-order valence-corrected chi connectivity index (χ0v) is 19.2. The van der Waals surface area contributed by atoms with E-state index in [9.17, 15) is 29.4 Å². The van der Waals surface area contributed by atoms with Crippen molar-refractivity contribution in [3.05, 3.63) is 12.2 Å². The van der Waals surface area contributed by atoms with Gasteiger partial charge in [0.15, 0.2) is 17.7 Å². The summed E-state index contributed by atoms with van der Waals surface area (Å²) in [5.41, 5.74) is 6.57. The van der Waals surface area contributed by atoms with Gasteiger partial charge in [0.1, 0.15) is 29.7 Å². The van der Waals surface area contributed by atoms with Crippen LogP contribution in [-0.4, -0.2) is 82.9 Å². The highest BCUT2D eigenvalue weighted by Crippen LogP contribution is 2.43. The number of carbonyl (C=O) groups excluding carboxylic acids is 1. The van der Waals surface area contributed by atoms with Crippen molar-refractivity contribution in [1.82, 2.24) is 19.5 Å². The molecule has 0 saturated carbocycles. The third-order valence-corrected chi connectivity index (χ3v) is 5.88. The number of aliphatic hydroxyl groups excluding tert-OH is 2. The highest BCUT2D eigenvalue weighted by Gasteiger charge is 2.46. The lowest BCUT2D eigenvalue weighted by atomic mass is 10.1. The maximum absolute atomic E-state index is 11.8. The SMILES string of the molecule is CCOC(=O)[C@H](OC[C@H]1O[C@@H](n2cnc3c(N)nc(CC(C)C)nc32)[C@H](O)[C@H]1O)P(=O)(O)O. The van der Waals surface area contributed by atoms with Crippen LogP contribution in [0.4, 0.5) is 5.82 Å². The van der Waals surface area contributed by atoms with Gasteiger partial charge in [0.25, 0.3) is 5.85 Å². The third-order valence-electron chi connectivity index (χ3n) is 4.91. The fourth-order valence-corrected chi connectivity index (χ4v) is 4.06. The minimum Gasteiger partial charge on any atom is -0.464 e. The number of rotatable bonds is 9. The lowest BCUT2D eigenvalue weighted by Gasteiger charge is -2.20. The van der Waals surface area contributed by atoms with Gasteiger partial charge in [-0.15, -0.1) is 0 Å². The quantitative estimate of drug-likeness (QED) is 0.218. The number of aromatic nitrogens is 4. The predicted molar refractivity (Wildman–Crippen MR) is 113 cm³/mol. The first-order chi connectivity index (χ1) is 15.4. The number of carbonyl (C=O) groups is 1. The van der Waals surface area contributed by atoms with Crippen LogP contribution in [0.25, 0.3) is 11.2 Å². The molecular weight excluding hydrogens is 461 g/mol. The highest BCUT2D eigenvalue weighted by atomic mass is 31.2. The second-order valence-corrected chi connectivity index (χ2v) is 9.67. The van der Waals surface area contributed by atoms with E-state index in [0.29, 0.717) is 12.2 Å². The smallest absolute Gasteiger partial charge is 0.365 e. The lowest BCUT2D eigenvalue weighted by molar-refractivity contribution is -0.155. The van der Waals surface area contributed by atoms with Crippen LogP contribution in [0.3, 0.4) is 0 Å². The molecule has 0 aliphatic carbocycles. The van der Waals surface area contributed by atoms with E-state index in [-0.39, 0.29) is 29.5 Å². The third kappa shape index (κ3) is 5.49. The minimum absolute atomic E-state index is 0.112. The number of nitrogen functional groups attached to an aromatic ring is 1. The molecule has 1 aliphatic heterocycles. The molecule has 0 radical (unpaired) electrons. The molecule has 0 aromatic carbocycles. The van der Waals surface area contributed by atoms with Gasteiger partial charge in [-0.1, -0.05) is 13.8 Å². The van der Waals surface area contributed by atoms with E-state index < -0.39 is 50.6 Å². The highest BCUT2D eigenvalue weighted by molar-refractivity contribution is 7.53. The molecule has 0 unspecified atom stereocenters. The molecule has 3 rings (SSSR count). The molecule has 1 fully saturated rings. The summed E-state index contributed by atoms with van der Waals surface area (Å²) in [7, 11) is -5.01. The topological polar surface area (TPSA) is 212 Å². The van der Waals surface area contributed by atoms with E-state index in [1.54, 1.807) is 0 Å². The number of anilines is 1. The van der Waals surface area contributed by atoms with Gasteiger partial charge in [0, 0.05) is 6.42 Å². The van der Waals surface area contributed by atoms with Crippen LogP contribution in [-0.2, 0) is 30.0 Å². The molecule has 15 heteroatoms. The Hall–Kier alpha value is -2.19. The van der Waals surface area contributed by atoms with Crippen LogP contribution < -0.4 is 5.73 Å². The van der Waals surface area contributed by atoms with Crippen LogP contribution in [0, 0.1) is 5.92 Å². The van der Waals surface area contributed by atoms with Gasteiger partial charge in [-0.2, -0.15) is 0 Å². The fraction of sp³-hybridized carbons (Fsp3) is 0.667. The number of imidazole rings is 1. The molecule has 2 aromatic heterocycles. The first kappa shape index (κ1) is 25.4. The van der Waals surface area contributed by atoms with Crippen molar-refractivity contribution in [1.29, 1.82) is 0 Å². The summed E-state index contributed by atoms with van der Waals surface area (Å²) in [4.78, 5) is 43.5. The summed E-state index contributed by atoms with van der Waals surface area (Å²) in [5.74, 6) is -2.55. The Balaban J connectivity index is 1.82. The van der Waals surface area contributed by atoms with E-state index >= 15 is 0 Å². The van der Waals surface area contributed by atoms with Crippen LogP contribution in [0.15, 0.2) is 6.33 Å². The van der Waals surface area contributed by atoms with E-state index in [4.69, 9.17) is 15.2 Å². The average molecular weight is 489 g/mol. The van der Waals surface area contributed by atoms with Crippen molar-refractivity contribution in [2.45, 2.75) is 57.6 Å². The van der Waals surface area contributed by atoms with Crippen LogP contribution in [0.5, 0.6) is 0 Å². The molecule has 6 N–H and O–H groups in total. The Bertz CT molecular complexity index is 1040. The minimum atomic E-state index is -5.01. The second kappa shape index (κ2) is 9.97. The first-order valence-corrected chi connectivity index (χ1v) is 12.0. The Morgan fingerprint density at radius 3 is 2.61 bits per heavy atom.